The number of nitrogens with one attached hydrogen (secondary N) is 1. The van der Waals surface area contributed by atoms with E-state index in [0.717, 1.165) is 11.1 Å². The van der Waals surface area contributed by atoms with Gasteiger partial charge in [-0.05, 0) is 44.9 Å². The van der Waals surface area contributed by atoms with E-state index in [0.29, 0.717) is 18.7 Å². The molecule has 2 aromatic carbocycles. The Morgan fingerprint density at radius 2 is 1.72 bits per heavy atom. The van der Waals surface area contributed by atoms with Crippen molar-refractivity contribution in [2.24, 2.45) is 0 Å². The maximum Gasteiger partial charge on any atom is 0.260 e. The zero-order valence-corrected chi connectivity index (χ0v) is 15.1. The molecule has 2 aromatic rings. The Balaban J connectivity index is 1.92. The molecular weight excluding hydrogens is 314 g/mol. The van der Waals surface area contributed by atoms with Gasteiger partial charge in [-0.1, -0.05) is 48.0 Å². The average molecular weight is 341 g/mol. The van der Waals surface area contributed by atoms with E-state index in [9.17, 15) is 9.90 Å². The van der Waals surface area contributed by atoms with Gasteiger partial charge in [0.25, 0.3) is 5.91 Å². The molecule has 0 aliphatic heterocycles. The third kappa shape index (κ3) is 6.24. The Morgan fingerprint density at radius 3 is 2.32 bits per heavy atom. The first kappa shape index (κ1) is 19.0. The lowest BCUT2D eigenvalue weighted by molar-refractivity contribution is -0.127. The normalized spacial score (nSPS) is 14.4. The Kier molecular flexibility index (Phi) is 7.02. The van der Waals surface area contributed by atoms with Crippen LogP contribution < -0.4 is 10.1 Å². The van der Waals surface area contributed by atoms with Crippen LogP contribution in [0.3, 0.4) is 0 Å². The zero-order chi connectivity index (χ0) is 18.2. The van der Waals surface area contributed by atoms with Gasteiger partial charge in [0.15, 0.2) is 6.10 Å². The Morgan fingerprint density at radius 1 is 1.08 bits per heavy atom. The summed E-state index contributed by atoms with van der Waals surface area (Å²) in [4.78, 5) is 12.3. The SMILES string of the molecule is Cc1ccc(OC(C)C(=O)NCC(CC(C)O)c2ccccc2)cc1. The van der Waals surface area contributed by atoms with Gasteiger partial charge in [-0.25, -0.2) is 0 Å². The van der Waals surface area contributed by atoms with E-state index >= 15 is 0 Å². The molecule has 3 atom stereocenters. The molecule has 134 valence electrons. The number of hydrogen-bond acceptors (Lipinski definition) is 3. The highest BCUT2D eigenvalue weighted by Gasteiger charge is 2.19. The van der Waals surface area contributed by atoms with E-state index in [4.69, 9.17) is 4.74 Å². The van der Waals surface area contributed by atoms with Gasteiger partial charge in [0, 0.05) is 12.5 Å². The monoisotopic (exact) mass is 341 g/mol. The van der Waals surface area contributed by atoms with Crippen LogP contribution in [0.4, 0.5) is 0 Å². The van der Waals surface area contributed by atoms with Gasteiger partial charge in [0.05, 0.1) is 6.10 Å². The smallest absolute Gasteiger partial charge is 0.260 e. The summed E-state index contributed by atoms with van der Waals surface area (Å²) in [5, 5.41) is 12.7. The Labute approximate surface area is 149 Å². The van der Waals surface area contributed by atoms with Crippen molar-refractivity contribution in [1.29, 1.82) is 0 Å². The van der Waals surface area contributed by atoms with Gasteiger partial charge >= 0.3 is 0 Å². The second-order valence-corrected chi connectivity index (χ2v) is 6.51. The van der Waals surface area contributed by atoms with Crippen molar-refractivity contribution in [3.63, 3.8) is 0 Å². The van der Waals surface area contributed by atoms with Crippen LogP contribution in [-0.4, -0.2) is 29.8 Å². The molecule has 0 saturated heterocycles. The van der Waals surface area contributed by atoms with Crippen LogP contribution in [0.2, 0.25) is 0 Å². The number of carbonyl (C=O) groups is 1. The van der Waals surface area contributed by atoms with Gasteiger partial charge in [-0.15, -0.1) is 0 Å². The van der Waals surface area contributed by atoms with Gasteiger partial charge < -0.3 is 15.2 Å². The molecule has 0 heterocycles. The van der Waals surface area contributed by atoms with Crippen LogP contribution in [0.1, 0.15) is 37.3 Å². The molecule has 0 aromatic heterocycles. The fraction of sp³-hybridized carbons (Fsp3) is 0.381. The van der Waals surface area contributed by atoms with E-state index in [1.807, 2.05) is 61.5 Å². The molecule has 2 rings (SSSR count). The summed E-state index contributed by atoms with van der Waals surface area (Å²) in [6.45, 7) is 5.98. The van der Waals surface area contributed by atoms with Crippen LogP contribution in [0.5, 0.6) is 5.75 Å². The lowest BCUT2D eigenvalue weighted by atomic mass is 9.93. The third-order valence-electron chi connectivity index (χ3n) is 4.12. The fourth-order valence-electron chi connectivity index (χ4n) is 2.72. The number of aliphatic hydroxyl groups is 1. The van der Waals surface area contributed by atoms with Gasteiger partial charge in [0.1, 0.15) is 5.75 Å². The summed E-state index contributed by atoms with van der Waals surface area (Å²) in [6, 6.07) is 17.6. The van der Waals surface area contributed by atoms with Gasteiger partial charge in [-0.2, -0.15) is 0 Å². The molecule has 4 nitrogen and oxygen atoms in total. The van der Waals surface area contributed by atoms with Crippen LogP contribution >= 0.6 is 0 Å². The number of amides is 1. The molecule has 0 aliphatic rings. The number of aryl methyl sites for hydroxylation is 1. The minimum absolute atomic E-state index is 0.0664. The second-order valence-electron chi connectivity index (χ2n) is 6.51. The molecule has 0 radical (unpaired) electrons. The maximum atomic E-state index is 12.3. The molecule has 25 heavy (non-hydrogen) atoms. The van der Waals surface area contributed by atoms with Gasteiger partial charge in [-0.3, -0.25) is 4.79 Å². The average Bonchev–Trinajstić information content (AvgIpc) is 2.60. The Hall–Kier alpha value is -2.33. The Bertz CT molecular complexity index is 653. The third-order valence-corrected chi connectivity index (χ3v) is 4.12. The van der Waals surface area contributed by atoms with Crippen LogP contribution in [0, 0.1) is 6.92 Å². The standard InChI is InChI=1S/C21H27NO3/c1-15-9-11-20(12-10-15)25-17(3)21(24)22-14-19(13-16(2)23)18-7-5-4-6-8-18/h4-12,16-17,19,23H,13-14H2,1-3H3,(H,22,24). The molecule has 4 heteroatoms. The first-order chi connectivity index (χ1) is 12.0. The predicted molar refractivity (Wildman–Crippen MR) is 99.8 cm³/mol. The maximum absolute atomic E-state index is 12.3. The summed E-state index contributed by atoms with van der Waals surface area (Å²) in [7, 11) is 0. The van der Waals surface area contributed by atoms with E-state index in [1.165, 1.54) is 0 Å². The molecule has 0 spiro atoms. The summed E-state index contributed by atoms with van der Waals surface area (Å²) < 4.78 is 5.69. The molecule has 2 N–H and O–H groups in total. The molecule has 0 aliphatic carbocycles. The predicted octanol–water partition coefficient (Wildman–Crippen LogP) is 3.43. The quantitative estimate of drug-likeness (QED) is 0.773. The minimum atomic E-state index is -0.578. The van der Waals surface area contributed by atoms with Crippen molar-refractivity contribution >= 4 is 5.91 Å². The number of hydrogen-bond donors (Lipinski definition) is 2. The topological polar surface area (TPSA) is 58.6 Å². The highest BCUT2D eigenvalue weighted by Crippen LogP contribution is 2.20. The van der Waals surface area contributed by atoms with Crippen molar-refractivity contribution in [2.75, 3.05) is 6.54 Å². The molecule has 1 amide bonds. The zero-order valence-electron chi connectivity index (χ0n) is 15.1. The van der Waals surface area contributed by atoms with Crippen LogP contribution in [0.25, 0.3) is 0 Å². The van der Waals surface area contributed by atoms with E-state index in [1.54, 1.807) is 13.8 Å². The van der Waals surface area contributed by atoms with Crippen molar-refractivity contribution < 1.29 is 14.6 Å². The minimum Gasteiger partial charge on any atom is -0.481 e. The fourth-order valence-corrected chi connectivity index (χ4v) is 2.72. The molecular formula is C21H27NO3. The largest absolute Gasteiger partial charge is 0.481 e. The lowest BCUT2D eigenvalue weighted by Gasteiger charge is -2.21. The highest BCUT2D eigenvalue weighted by atomic mass is 16.5. The number of rotatable bonds is 8. The van der Waals surface area contributed by atoms with E-state index < -0.39 is 12.2 Å². The summed E-state index contributed by atoms with van der Waals surface area (Å²) in [5.41, 5.74) is 2.25. The van der Waals surface area contributed by atoms with E-state index in [2.05, 4.69) is 5.32 Å². The number of benzene rings is 2. The van der Waals surface area contributed by atoms with Gasteiger partial charge in [0.2, 0.25) is 0 Å². The molecule has 0 fully saturated rings. The molecule has 0 bridgehead atoms. The second kappa shape index (κ2) is 9.23. The number of ether oxygens (including phenoxy) is 1. The summed E-state index contributed by atoms with van der Waals surface area (Å²) >= 11 is 0. The molecule has 3 unspecified atom stereocenters. The first-order valence-corrected chi connectivity index (χ1v) is 8.69. The summed E-state index contributed by atoms with van der Waals surface area (Å²) in [5.74, 6) is 0.584. The van der Waals surface area contributed by atoms with Crippen molar-refractivity contribution in [3.8, 4) is 5.75 Å². The summed E-state index contributed by atoms with van der Waals surface area (Å²) in [6.07, 6.45) is -0.411. The van der Waals surface area contributed by atoms with Crippen LogP contribution in [-0.2, 0) is 4.79 Å². The first-order valence-electron chi connectivity index (χ1n) is 8.69. The van der Waals surface area contributed by atoms with Crippen molar-refractivity contribution in [3.05, 3.63) is 65.7 Å². The van der Waals surface area contributed by atoms with Crippen LogP contribution in [0.15, 0.2) is 54.6 Å². The number of aliphatic hydroxyl groups excluding tert-OH is 1. The highest BCUT2D eigenvalue weighted by molar-refractivity contribution is 5.80. The molecule has 0 saturated carbocycles. The van der Waals surface area contributed by atoms with E-state index in [-0.39, 0.29) is 11.8 Å². The van der Waals surface area contributed by atoms with Crippen molar-refractivity contribution in [1.82, 2.24) is 5.32 Å². The number of carbonyl (C=O) groups excluding carboxylic acids is 1. The van der Waals surface area contributed by atoms with Crippen molar-refractivity contribution in [2.45, 2.75) is 45.3 Å². The lowest BCUT2D eigenvalue weighted by Crippen LogP contribution is -2.38.